The van der Waals surface area contributed by atoms with Crippen molar-refractivity contribution in [2.75, 3.05) is 18.0 Å². The van der Waals surface area contributed by atoms with Crippen LogP contribution in [-0.4, -0.2) is 36.2 Å². The Hall–Kier alpha value is -3.19. The number of cyclic esters (lactones) is 1. The number of hydrogen-bond donors (Lipinski definition) is 1. The van der Waals surface area contributed by atoms with Crippen molar-refractivity contribution in [2.24, 2.45) is 0 Å². The average molecular weight is 393 g/mol. The Bertz CT molecular complexity index is 959. The molecule has 1 unspecified atom stereocenters. The number of ether oxygens (including phenoxy) is 1. The van der Waals surface area contributed by atoms with E-state index in [1.165, 1.54) is 11.3 Å². The molecule has 0 radical (unpaired) electrons. The lowest BCUT2D eigenvalue weighted by Crippen LogP contribution is -2.35. The molecule has 142 valence electrons. The molecule has 1 N–H and O–H groups in total. The predicted molar refractivity (Wildman–Crippen MR) is 108 cm³/mol. The first-order valence-electron chi connectivity index (χ1n) is 8.99. The molecule has 1 atom stereocenters. The maximum atomic E-state index is 12.2. The van der Waals surface area contributed by atoms with Crippen LogP contribution in [0.1, 0.15) is 5.69 Å². The molecule has 2 amide bonds. The van der Waals surface area contributed by atoms with Gasteiger partial charge in [-0.25, -0.2) is 9.78 Å². The first-order chi connectivity index (χ1) is 13.7. The van der Waals surface area contributed by atoms with Crippen molar-refractivity contribution >= 4 is 29.0 Å². The van der Waals surface area contributed by atoms with E-state index < -0.39 is 6.09 Å². The third-order valence-corrected chi connectivity index (χ3v) is 5.32. The Labute approximate surface area is 166 Å². The van der Waals surface area contributed by atoms with E-state index in [1.807, 2.05) is 66.0 Å². The lowest BCUT2D eigenvalue weighted by Gasteiger charge is -2.12. The van der Waals surface area contributed by atoms with Gasteiger partial charge in [-0.15, -0.1) is 11.3 Å². The van der Waals surface area contributed by atoms with Crippen LogP contribution < -0.4 is 10.2 Å². The Morgan fingerprint density at radius 3 is 2.61 bits per heavy atom. The van der Waals surface area contributed by atoms with Gasteiger partial charge in [-0.05, 0) is 12.1 Å². The van der Waals surface area contributed by atoms with E-state index in [1.54, 1.807) is 4.90 Å². The molecule has 4 rings (SSSR count). The molecule has 1 aromatic heterocycles. The lowest BCUT2D eigenvalue weighted by molar-refractivity contribution is -0.120. The molecule has 2 heterocycles. The van der Waals surface area contributed by atoms with Crippen molar-refractivity contribution < 1.29 is 14.3 Å². The molecular formula is C21H19N3O3S. The van der Waals surface area contributed by atoms with E-state index in [0.29, 0.717) is 6.54 Å². The second-order valence-corrected chi connectivity index (χ2v) is 7.30. The van der Waals surface area contributed by atoms with Crippen molar-refractivity contribution in [1.29, 1.82) is 0 Å². The fourth-order valence-corrected chi connectivity index (χ4v) is 3.83. The van der Waals surface area contributed by atoms with Gasteiger partial charge in [-0.2, -0.15) is 0 Å². The zero-order valence-electron chi connectivity index (χ0n) is 15.1. The summed E-state index contributed by atoms with van der Waals surface area (Å²) in [5.74, 6) is -0.140. The summed E-state index contributed by atoms with van der Waals surface area (Å²) in [6.45, 7) is 0.696. The van der Waals surface area contributed by atoms with Crippen molar-refractivity contribution in [3.05, 3.63) is 71.7 Å². The standard InChI is InChI=1S/C21H19N3O3S/c25-19(11-16-14-28-20(23-16)15-7-3-1-4-8-15)22-12-18-13-24(21(26)27-18)17-9-5-2-6-10-17/h1-10,14,18H,11-13H2,(H,22,25). The van der Waals surface area contributed by atoms with Gasteiger partial charge in [-0.3, -0.25) is 9.69 Å². The van der Waals surface area contributed by atoms with Gasteiger partial charge in [0.15, 0.2) is 0 Å². The summed E-state index contributed by atoms with van der Waals surface area (Å²) in [6, 6.07) is 19.2. The molecule has 28 heavy (non-hydrogen) atoms. The lowest BCUT2D eigenvalue weighted by atomic mass is 10.2. The van der Waals surface area contributed by atoms with Crippen LogP contribution in [0.5, 0.6) is 0 Å². The molecule has 1 fully saturated rings. The summed E-state index contributed by atoms with van der Waals surface area (Å²) in [6.07, 6.45) is -0.559. The first-order valence-corrected chi connectivity index (χ1v) is 9.87. The number of thiazole rings is 1. The van der Waals surface area contributed by atoms with E-state index in [0.717, 1.165) is 22.0 Å². The van der Waals surface area contributed by atoms with E-state index in [-0.39, 0.29) is 25.0 Å². The maximum Gasteiger partial charge on any atom is 0.414 e. The summed E-state index contributed by atoms with van der Waals surface area (Å²) in [7, 11) is 0. The number of benzene rings is 2. The van der Waals surface area contributed by atoms with Crippen molar-refractivity contribution in [2.45, 2.75) is 12.5 Å². The number of carbonyl (C=O) groups excluding carboxylic acids is 2. The number of carbonyl (C=O) groups is 2. The maximum absolute atomic E-state index is 12.2. The highest BCUT2D eigenvalue weighted by Crippen LogP contribution is 2.23. The quantitative estimate of drug-likeness (QED) is 0.696. The number of nitrogens with zero attached hydrogens (tertiary/aromatic N) is 2. The van der Waals surface area contributed by atoms with Gasteiger partial charge in [0, 0.05) is 16.6 Å². The van der Waals surface area contributed by atoms with E-state index in [9.17, 15) is 9.59 Å². The largest absolute Gasteiger partial charge is 0.442 e. The van der Waals surface area contributed by atoms with Crippen LogP contribution in [0, 0.1) is 0 Å². The summed E-state index contributed by atoms with van der Waals surface area (Å²) in [5, 5.41) is 5.63. The number of amides is 2. The molecule has 1 aliphatic heterocycles. The Morgan fingerprint density at radius 2 is 1.86 bits per heavy atom. The second kappa shape index (κ2) is 8.22. The van der Waals surface area contributed by atoms with E-state index in [4.69, 9.17) is 4.74 Å². The third kappa shape index (κ3) is 4.20. The van der Waals surface area contributed by atoms with Gasteiger partial charge in [0.2, 0.25) is 5.91 Å². The molecule has 2 aromatic carbocycles. The van der Waals surface area contributed by atoms with Gasteiger partial charge < -0.3 is 10.1 Å². The smallest absolute Gasteiger partial charge is 0.414 e. The number of nitrogens with one attached hydrogen (secondary N) is 1. The number of rotatable bonds is 6. The van der Waals surface area contributed by atoms with Gasteiger partial charge in [-0.1, -0.05) is 48.5 Å². The summed E-state index contributed by atoms with van der Waals surface area (Å²) >= 11 is 1.52. The minimum Gasteiger partial charge on any atom is -0.442 e. The monoisotopic (exact) mass is 393 g/mol. The van der Waals surface area contributed by atoms with Crippen LogP contribution in [0.25, 0.3) is 10.6 Å². The average Bonchev–Trinajstić information content (AvgIpc) is 3.34. The highest BCUT2D eigenvalue weighted by molar-refractivity contribution is 7.13. The second-order valence-electron chi connectivity index (χ2n) is 6.44. The van der Waals surface area contributed by atoms with Crippen molar-refractivity contribution in [3.63, 3.8) is 0 Å². The first kappa shape index (κ1) is 18.2. The van der Waals surface area contributed by atoms with Crippen molar-refractivity contribution in [3.8, 4) is 10.6 Å². The van der Waals surface area contributed by atoms with Crippen LogP contribution in [0.3, 0.4) is 0 Å². The van der Waals surface area contributed by atoms with Gasteiger partial charge in [0.25, 0.3) is 0 Å². The van der Waals surface area contributed by atoms with Gasteiger partial charge in [0.1, 0.15) is 11.1 Å². The topological polar surface area (TPSA) is 71.5 Å². The van der Waals surface area contributed by atoms with Gasteiger partial charge in [0.05, 0.1) is 25.2 Å². The highest BCUT2D eigenvalue weighted by Gasteiger charge is 2.32. The number of anilines is 1. The summed E-state index contributed by atoms with van der Waals surface area (Å²) in [5.41, 5.74) is 2.56. The highest BCUT2D eigenvalue weighted by atomic mass is 32.1. The van der Waals surface area contributed by atoms with Crippen LogP contribution in [-0.2, 0) is 16.0 Å². The number of para-hydroxylation sites is 1. The van der Waals surface area contributed by atoms with Crippen LogP contribution >= 0.6 is 11.3 Å². The molecular weight excluding hydrogens is 374 g/mol. The Kier molecular flexibility index (Phi) is 5.34. The SMILES string of the molecule is O=C(Cc1csc(-c2ccccc2)n1)NCC1CN(c2ccccc2)C(=O)O1. The predicted octanol–water partition coefficient (Wildman–Crippen LogP) is 3.49. The molecule has 3 aromatic rings. The van der Waals surface area contributed by atoms with Crippen LogP contribution in [0.15, 0.2) is 66.0 Å². The molecule has 0 aliphatic carbocycles. The van der Waals surface area contributed by atoms with E-state index >= 15 is 0 Å². The molecule has 0 spiro atoms. The molecule has 1 aliphatic rings. The molecule has 0 bridgehead atoms. The van der Waals surface area contributed by atoms with Crippen LogP contribution in [0.4, 0.5) is 10.5 Å². The zero-order chi connectivity index (χ0) is 19.3. The van der Waals surface area contributed by atoms with E-state index in [2.05, 4.69) is 10.3 Å². The molecule has 6 nitrogen and oxygen atoms in total. The van der Waals surface area contributed by atoms with Gasteiger partial charge >= 0.3 is 6.09 Å². The summed E-state index contributed by atoms with van der Waals surface area (Å²) in [4.78, 5) is 30.4. The number of hydrogen-bond acceptors (Lipinski definition) is 5. The van der Waals surface area contributed by atoms with Crippen molar-refractivity contribution in [1.82, 2.24) is 10.3 Å². The fraction of sp³-hybridized carbons (Fsp3) is 0.190. The minimum atomic E-state index is -0.391. The number of aromatic nitrogens is 1. The summed E-state index contributed by atoms with van der Waals surface area (Å²) < 4.78 is 5.35. The molecule has 1 saturated heterocycles. The fourth-order valence-electron chi connectivity index (χ4n) is 3.00. The molecule has 0 saturated carbocycles. The normalized spacial score (nSPS) is 16.1. The zero-order valence-corrected chi connectivity index (χ0v) is 15.9. The molecule has 7 heteroatoms. The van der Waals surface area contributed by atoms with Crippen LogP contribution in [0.2, 0.25) is 0 Å². The Balaban J connectivity index is 1.28. The Morgan fingerprint density at radius 1 is 1.14 bits per heavy atom. The third-order valence-electron chi connectivity index (χ3n) is 4.38. The minimum absolute atomic E-state index is 0.140.